The second-order valence-electron chi connectivity index (χ2n) is 4.74. The predicted octanol–water partition coefficient (Wildman–Crippen LogP) is 0.965. The Balaban J connectivity index is 2.83. The Morgan fingerprint density at radius 1 is 1.27 bits per heavy atom. The minimum Gasteiger partial charge on any atom is -0.356 e. The van der Waals surface area contributed by atoms with Gasteiger partial charge in [-0.25, -0.2) is 12.7 Å². The number of nitrogens with one attached hydrogen (secondary N) is 2. The lowest BCUT2D eigenvalue weighted by Crippen LogP contribution is -2.38. The smallest absolute Gasteiger partial charge is 0.242 e. The van der Waals surface area contributed by atoms with Crippen molar-refractivity contribution in [1.29, 1.82) is 0 Å². The number of hydrogen-bond donors (Lipinski definition) is 2. The zero-order chi connectivity index (χ0) is 16.6. The molecule has 0 saturated carbocycles. The Hall–Kier alpha value is -1.25. The molecule has 0 saturated heterocycles. The van der Waals surface area contributed by atoms with Crippen LogP contribution in [0, 0.1) is 0 Å². The number of aliphatic imine (C=N–C) groups is 1. The summed E-state index contributed by atoms with van der Waals surface area (Å²) < 4.78 is 25.9. The summed E-state index contributed by atoms with van der Waals surface area (Å²) in [6.45, 7) is 1.20. The van der Waals surface area contributed by atoms with Crippen LogP contribution in [0.25, 0.3) is 0 Å². The van der Waals surface area contributed by atoms with E-state index < -0.39 is 10.0 Å². The van der Waals surface area contributed by atoms with Crippen molar-refractivity contribution in [2.45, 2.75) is 11.4 Å². The number of rotatable bonds is 7. The van der Waals surface area contributed by atoms with E-state index in [9.17, 15) is 8.42 Å². The first-order valence-electron chi connectivity index (χ1n) is 6.87. The summed E-state index contributed by atoms with van der Waals surface area (Å²) in [7, 11) is 1.30. The van der Waals surface area contributed by atoms with Gasteiger partial charge in [0.15, 0.2) is 5.96 Å². The number of sulfonamides is 1. The van der Waals surface area contributed by atoms with Crippen molar-refractivity contribution in [1.82, 2.24) is 14.9 Å². The van der Waals surface area contributed by atoms with E-state index in [0.29, 0.717) is 23.0 Å². The highest BCUT2D eigenvalue weighted by Crippen LogP contribution is 2.18. The van der Waals surface area contributed by atoms with Gasteiger partial charge in [0, 0.05) is 40.0 Å². The average Bonchev–Trinajstić information content (AvgIpc) is 2.50. The van der Waals surface area contributed by atoms with Crippen molar-refractivity contribution in [3.05, 3.63) is 29.8 Å². The van der Waals surface area contributed by atoms with Crippen LogP contribution in [0.5, 0.6) is 0 Å². The second-order valence-corrected chi connectivity index (χ2v) is 7.85. The van der Waals surface area contributed by atoms with Crippen molar-refractivity contribution in [3.8, 4) is 0 Å². The van der Waals surface area contributed by atoms with Gasteiger partial charge in [-0.1, -0.05) is 18.2 Å². The number of nitrogens with zero attached hydrogens (tertiary/aromatic N) is 2. The fourth-order valence-corrected chi connectivity index (χ4v) is 3.19. The SMILES string of the molecule is CN=C(NCCSC)NCc1ccccc1S(=O)(=O)N(C)C. The molecule has 8 heteroatoms. The fourth-order valence-electron chi connectivity index (χ4n) is 1.77. The Morgan fingerprint density at radius 3 is 2.55 bits per heavy atom. The number of hydrogen-bond acceptors (Lipinski definition) is 4. The molecule has 0 spiro atoms. The number of guanidine groups is 1. The molecule has 1 rings (SSSR count). The van der Waals surface area contributed by atoms with Crippen LogP contribution < -0.4 is 10.6 Å². The number of thioether (sulfide) groups is 1. The van der Waals surface area contributed by atoms with E-state index in [4.69, 9.17) is 0 Å². The minimum absolute atomic E-state index is 0.312. The second kappa shape index (κ2) is 9.02. The minimum atomic E-state index is -3.45. The van der Waals surface area contributed by atoms with Crippen molar-refractivity contribution in [2.24, 2.45) is 4.99 Å². The van der Waals surface area contributed by atoms with Gasteiger partial charge in [-0.05, 0) is 17.9 Å². The molecule has 6 nitrogen and oxygen atoms in total. The van der Waals surface area contributed by atoms with Gasteiger partial charge in [-0.3, -0.25) is 4.99 Å². The highest BCUT2D eigenvalue weighted by molar-refractivity contribution is 7.98. The molecule has 0 unspecified atom stereocenters. The van der Waals surface area contributed by atoms with Gasteiger partial charge in [0.25, 0.3) is 0 Å². The number of benzene rings is 1. The van der Waals surface area contributed by atoms with E-state index in [1.54, 1.807) is 37.0 Å². The Morgan fingerprint density at radius 2 is 1.95 bits per heavy atom. The summed E-state index contributed by atoms with van der Waals surface area (Å²) in [6, 6.07) is 6.98. The quantitative estimate of drug-likeness (QED) is 0.438. The molecule has 0 aliphatic rings. The standard InChI is InChI=1S/C14H24N4O2S2/c1-15-14(16-9-10-21-4)17-11-12-7-5-6-8-13(12)22(19,20)18(2)3/h5-8H,9-11H2,1-4H3,(H2,15,16,17). The first-order valence-corrected chi connectivity index (χ1v) is 9.70. The lowest BCUT2D eigenvalue weighted by molar-refractivity contribution is 0.519. The molecular formula is C14H24N4O2S2. The normalized spacial score (nSPS) is 12.5. The van der Waals surface area contributed by atoms with Gasteiger partial charge in [-0.2, -0.15) is 11.8 Å². The van der Waals surface area contributed by atoms with Crippen LogP contribution in [0.1, 0.15) is 5.56 Å². The molecule has 22 heavy (non-hydrogen) atoms. The van der Waals surface area contributed by atoms with E-state index in [2.05, 4.69) is 15.6 Å². The molecule has 0 amide bonds. The zero-order valence-electron chi connectivity index (χ0n) is 13.5. The molecule has 0 aliphatic heterocycles. The molecule has 1 aromatic carbocycles. The Kier molecular flexibility index (Phi) is 7.70. The first-order chi connectivity index (χ1) is 10.4. The lowest BCUT2D eigenvalue weighted by Gasteiger charge is -2.16. The summed E-state index contributed by atoms with van der Waals surface area (Å²) in [5.74, 6) is 1.64. The molecule has 0 aliphatic carbocycles. The third kappa shape index (κ3) is 5.19. The Labute approximate surface area is 137 Å². The average molecular weight is 345 g/mol. The van der Waals surface area contributed by atoms with Crippen LogP contribution in [0.4, 0.5) is 0 Å². The van der Waals surface area contributed by atoms with Crippen LogP contribution >= 0.6 is 11.8 Å². The van der Waals surface area contributed by atoms with E-state index >= 15 is 0 Å². The van der Waals surface area contributed by atoms with Crippen molar-refractivity contribution in [2.75, 3.05) is 39.7 Å². The van der Waals surface area contributed by atoms with Crippen LogP contribution in [-0.2, 0) is 16.6 Å². The highest BCUT2D eigenvalue weighted by Gasteiger charge is 2.20. The monoisotopic (exact) mass is 344 g/mol. The third-order valence-electron chi connectivity index (χ3n) is 3.00. The maximum atomic E-state index is 12.3. The van der Waals surface area contributed by atoms with E-state index in [-0.39, 0.29) is 0 Å². The summed E-state index contributed by atoms with van der Waals surface area (Å²) in [5, 5.41) is 6.32. The first kappa shape index (κ1) is 18.8. The summed E-state index contributed by atoms with van der Waals surface area (Å²) in [5.41, 5.74) is 0.712. The largest absolute Gasteiger partial charge is 0.356 e. The van der Waals surface area contributed by atoms with E-state index in [1.165, 1.54) is 18.4 Å². The fraction of sp³-hybridized carbons (Fsp3) is 0.500. The highest BCUT2D eigenvalue weighted by atomic mass is 32.2. The molecule has 0 heterocycles. The molecule has 0 aromatic heterocycles. The van der Waals surface area contributed by atoms with Gasteiger partial charge >= 0.3 is 0 Å². The molecule has 0 fully saturated rings. The van der Waals surface area contributed by atoms with Gasteiger partial charge in [-0.15, -0.1) is 0 Å². The van der Waals surface area contributed by atoms with Crippen LogP contribution in [0.15, 0.2) is 34.2 Å². The van der Waals surface area contributed by atoms with Gasteiger partial charge < -0.3 is 10.6 Å². The van der Waals surface area contributed by atoms with Gasteiger partial charge in [0.2, 0.25) is 10.0 Å². The molecule has 0 bridgehead atoms. The summed E-state index contributed by atoms with van der Waals surface area (Å²) >= 11 is 1.75. The van der Waals surface area contributed by atoms with E-state index in [1.807, 2.05) is 12.3 Å². The molecule has 0 atom stereocenters. The third-order valence-corrected chi connectivity index (χ3v) is 5.53. The predicted molar refractivity (Wildman–Crippen MR) is 93.9 cm³/mol. The van der Waals surface area contributed by atoms with Gasteiger partial charge in [0.05, 0.1) is 4.90 Å². The topological polar surface area (TPSA) is 73.8 Å². The zero-order valence-corrected chi connectivity index (χ0v) is 15.1. The van der Waals surface area contributed by atoms with Gasteiger partial charge in [0.1, 0.15) is 0 Å². The van der Waals surface area contributed by atoms with Crippen molar-refractivity contribution < 1.29 is 8.42 Å². The molecule has 2 N–H and O–H groups in total. The molecular weight excluding hydrogens is 320 g/mol. The molecule has 124 valence electrons. The molecule has 0 radical (unpaired) electrons. The summed E-state index contributed by atoms with van der Waals surface area (Å²) in [6.07, 6.45) is 2.04. The van der Waals surface area contributed by atoms with Crippen molar-refractivity contribution in [3.63, 3.8) is 0 Å². The Bertz CT molecular complexity index is 601. The maximum absolute atomic E-state index is 12.3. The maximum Gasteiger partial charge on any atom is 0.242 e. The van der Waals surface area contributed by atoms with Crippen molar-refractivity contribution >= 4 is 27.7 Å². The van der Waals surface area contributed by atoms with Crippen LogP contribution in [-0.4, -0.2) is 58.4 Å². The lowest BCUT2D eigenvalue weighted by atomic mass is 10.2. The molecule has 1 aromatic rings. The van der Waals surface area contributed by atoms with Crippen LogP contribution in [0.2, 0.25) is 0 Å². The van der Waals surface area contributed by atoms with E-state index in [0.717, 1.165) is 12.3 Å². The summed E-state index contributed by atoms with van der Waals surface area (Å²) in [4.78, 5) is 4.44. The van der Waals surface area contributed by atoms with Crippen LogP contribution in [0.3, 0.4) is 0 Å².